The molecule has 244 valence electrons. The molecule has 3 aliphatic rings. The Balaban J connectivity index is 1.33. The van der Waals surface area contributed by atoms with Crippen molar-refractivity contribution >= 4 is 44.9 Å². The van der Waals surface area contributed by atoms with Crippen LogP contribution in [-0.2, 0) is 25.7 Å². The first-order valence-corrected chi connectivity index (χ1v) is 16.7. The highest BCUT2D eigenvalue weighted by molar-refractivity contribution is 7.92. The summed E-state index contributed by atoms with van der Waals surface area (Å²) in [6, 6.07) is 12.6. The SMILES string of the molecule is C/C(=C\c1ccc2c(c1)N(S(=O)(=O)c1cccc(C(F)(F)F)c1)C[C@H](CCC(=O)N1C3CCC1COC3)O2)c1c(F)cccc1Cl. The Hall–Kier alpha value is -3.61. The molecule has 7 nitrogen and oxygen atoms in total. The normalized spacial score (nSPS) is 21.6. The van der Waals surface area contributed by atoms with Gasteiger partial charge in [-0.25, -0.2) is 12.8 Å². The highest BCUT2D eigenvalue weighted by Crippen LogP contribution is 2.41. The zero-order valence-electron chi connectivity index (χ0n) is 24.8. The second-order valence-electron chi connectivity index (χ2n) is 11.7. The molecule has 2 saturated heterocycles. The highest BCUT2D eigenvalue weighted by Gasteiger charge is 2.41. The van der Waals surface area contributed by atoms with Crippen LogP contribution < -0.4 is 9.04 Å². The number of rotatable bonds is 7. The molecule has 0 spiro atoms. The van der Waals surface area contributed by atoms with E-state index < -0.39 is 38.6 Å². The van der Waals surface area contributed by atoms with E-state index in [1.165, 1.54) is 18.2 Å². The fourth-order valence-electron chi connectivity index (χ4n) is 6.40. The van der Waals surface area contributed by atoms with E-state index in [4.69, 9.17) is 21.1 Å². The van der Waals surface area contributed by atoms with Crippen LogP contribution >= 0.6 is 11.6 Å². The van der Waals surface area contributed by atoms with Gasteiger partial charge in [-0.15, -0.1) is 0 Å². The lowest BCUT2D eigenvalue weighted by Crippen LogP contribution is -2.49. The molecule has 1 amide bonds. The first-order valence-electron chi connectivity index (χ1n) is 14.8. The zero-order valence-corrected chi connectivity index (χ0v) is 26.3. The number of amides is 1. The number of ether oxygens (including phenoxy) is 2. The van der Waals surface area contributed by atoms with Crippen LogP contribution in [-0.4, -0.2) is 57.2 Å². The Labute approximate surface area is 269 Å². The molecule has 0 radical (unpaired) electrons. The monoisotopic (exact) mass is 678 g/mol. The van der Waals surface area contributed by atoms with E-state index in [9.17, 15) is 30.8 Å². The number of morpholine rings is 1. The number of sulfonamides is 1. The minimum atomic E-state index is -4.75. The number of alkyl halides is 3. The molecule has 6 rings (SSSR count). The van der Waals surface area contributed by atoms with Gasteiger partial charge in [0.2, 0.25) is 5.91 Å². The van der Waals surface area contributed by atoms with Gasteiger partial charge in [-0.3, -0.25) is 9.10 Å². The molecular weight excluding hydrogens is 648 g/mol. The minimum Gasteiger partial charge on any atom is -0.486 e. The van der Waals surface area contributed by atoms with E-state index >= 15 is 0 Å². The maximum atomic E-state index is 14.6. The topological polar surface area (TPSA) is 76.2 Å². The zero-order chi connectivity index (χ0) is 32.8. The molecule has 3 atom stereocenters. The van der Waals surface area contributed by atoms with Crippen LogP contribution in [0.4, 0.5) is 23.2 Å². The van der Waals surface area contributed by atoms with Crippen LogP contribution in [0.25, 0.3) is 11.6 Å². The van der Waals surface area contributed by atoms with E-state index in [-0.39, 0.29) is 59.4 Å². The summed E-state index contributed by atoms with van der Waals surface area (Å²) in [5.41, 5.74) is 0.149. The molecule has 0 aliphatic carbocycles. The fraction of sp³-hybridized carbons (Fsp3) is 0.364. The van der Waals surface area contributed by atoms with Crippen LogP contribution in [0, 0.1) is 5.82 Å². The number of nitrogens with zero attached hydrogens (tertiary/aromatic N) is 2. The first-order chi connectivity index (χ1) is 21.8. The van der Waals surface area contributed by atoms with Crippen molar-refractivity contribution in [2.45, 2.75) is 61.9 Å². The van der Waals surface area contributed by atoms with Gasteiger partial charge >= 0.3 is 6.18 Å². The predicted octanol–water partition coefficient (Wildman–Crippen LogP) is 7.18. The van der Waals surface area contributed by atoms with E-state index in [1.807, 2.05) is 4.90 Å². The summed E-state index contributed by atoms with van der Waals surface area (Å²) in [6.45, 7) is 2.39. The number of allylic oxidation sites excluding steroid dienone is 1. The number of carbonyl (C=O) groups excluding carboxylic acids is 1. The van der Waals surface area contributed by atoms with Crippen LogP contribution in [0.3, 0.4) is 0 Å². The van der Waals surface area contributed by atoms with E-state index in [0.29, 0.717) is 30.4 Å². The molecule has 2 bridgehead atoms. The third-order valence-electron chi connectivity index (χ3n) is 8.61. The van der Waals surface area contributed by atoms with Gasteiger partial charge in [0.15, 0.2) is 0 Å². The van der Waals surface area contributed by atoms with Gasteiger partial charge in [0.05, 0.1) is 53.0 Å². The van der Waals surface area contributed by atoms with Gasteiger partial charge in [-0.2, -0.15) is 13.2 Å². The number of benzene rings is 3. The van der Waals surface area contributed by atoms with Gasteiger partial charge in [0.1, 0.15) is 17.7 Å². The molecule has 2 fully saturated rings. The smallest absolute Gasteiger partial charge is 0.416 e. The van der Waals surface area contributed by atoms with E-state index in [2.05, 4.69) is 0 Å². The second kappa shape index (κ2) is 12.5. The highest BCUT2D eigenvalue weighted by atomic mass is 35.5. The fourth-order valence-corrected chi connectivity index (χ4v) is 8.26. The molecule has 3 heterocycles. The van der Waals surface area contributed by atoms with Crippen molar-refractivity contribution in [2.24, 2.45) is 0 Å². The van der Waals surface area contributed by atoms with Gasteiger partial charge in [0.25, 0.3) is 10.0 Å². The summed E-state index contributed by atoms with van der Waals surface area (Å²) in [6.07, 6.45) is -1.85. The molecule has 0 aromatic heterocycles. The van der Waals surface area contributed by atoms with Crippen molar-refractivity contribution in [3.8, 4) is 5.75 Å². The van der Waals surface area contributed by atoms with Gasteiger partial charge in [-0.05, 0) is 79.8 Å². The third-order valence-corrected chi connectivity index (χ3v) is 10.7. The number of hydrogen-bond donors (Lipinski definition) is 0. The predicted molar refractivity (Wildman–Crippen MR) is 165 cm³/mol. The average molecular weight is 679 g/mol. The number of halogens is 5. The van der Waals surface area contributed by atoms with Crippen LogP contribution in [0.15, 0.2) is 65.6 Å². The lowest BCUT2D eigenvalue weighted by molar-refractivity contribution is -0.141. The minimum absolute atomic E-state index is 0.0196. The summed E-state index contributed by atoms with van der Waals surface area (Å²) in [4.78, 5) is 14.5. The van der Waals surface area contributed by atoms with Gasteiger partial charge < -0.3 is 14.4 Å². The lowest BCUT2D eigenvalue weighted by atomic mass is 10.0. The summed E-state index contributed by atoms with van der Waals surface area (Å²) < 4.78 is 96.1. The van der Waals surface area contributed by atoms with Crippen molar-refractivity contribution in [2.75, 3.05) is 24.1 Å². The molecule has 3 aliphatic heterocycles. The molecule has 0 N–H and O–H groups in total. The maximum absolute atomic E-state index is 14.6. The first kappa shape index (κ1) is 32.3. The van der Waals surface area contributed by atoms with Crippen molar-refractivity contribution in [1.29, 1.82) is 0 Å². The Bertz CT molecular complexity index is 1760. The number of hydrogen-bond acceptors (Lipinski definition) is 5. The van der Waals surface area contributed by atoms with Crippen molar-refractivity contribution in [3.05, 3.63) is 88.2 Å². The summed E-state index contributed by atoms with van der Waals surface area (Å²) in [5, 5.41) is 0.200. The van der Waals surface area contributed by atoms with Crippen molar-refractivity contribution < 1.29 is 40.2 Å². The van der Waals surface area contributed by atoms with E-state index in [0.717, 1.165) is 35.3 Å². The molecular formula is C33H31ClF4N2O5S. The molecule has 3 aromatic carbocycles. The average Bonchev–Trinajstić information content (AvgIpc) is 3.26. The van der Waals surface area contributed by atoms with E-state index in [1.54, 1.807) is 31.2 Å². The molecule has 13 heteroatoms. The Kier molecular flexibility index (Phi) is 8.81. The Morgan fingerprint density at radius 3 is 2.46 bits per heavy atom. The van der Waals surface area contributed by atoms with Crippen LogP contribution in [0.2, 0.25) is 5.02 Å². The summed E-state index contributed by atoms with van der Waals surface area (Å²) >= 11 is 6.24. The number of anilines is 1. The molecule has 2 unspecified atom stereocenters. The number of fused-ring (bicyclic) bond motifs is 3. The Morgan fingerprint density at radius 2 is 1.76 bits per heavy atom. The molecule has 46 heavy (non-hydrogen) atoms. The van der Waals surface area contributed by atoms with Crippen LogP contribution in [0.1, 0.15) is 49.3 Å². The standard InChI is InChI=1S/C33H31ClF4N2O5S/c1-20(32-27(34)6-3-7-28(32)35)14-21-8-12-30-29(15-21)39(46(42,43)26-5-2-4-22(16-26)33(36,37)38)17-25(45-30)11-13-31(41)40-23-9-10-24(40)19-44-18-23/h2-8,12,14-16,23-25H,9-11,13,17-19H2,1H3/b20-14+/t23?,24?,25-/m0/s1. The summed E-state index contributed by atoms with van der Waals surface area (Å²) in [5.74, 6) is -0.413. The van der Waals surface area contributed by atoms with Crippen molar-refractivity contribution in [1.82, 2.24) is 4.90 Å². The Morgan fingerprint density at radius 1 is 1.04 bits per heavy atom. The van der Waals surface area contributed by atoms with Gasteiger partial charge in [-0.1, -0.05) is 35.9 Å². The summed E-state index contributed by atoms with van der Waals surface area (Å²) in [7, 11) is -4.53. The van der Waals surface area contributed by atoms with Gasteiger partial charge in [0, 0.05) is 12.0 Å². The molecule has 0 saturated carbocycles. The maximum Gasteiger partial charge on any atom is 0.416 e. The quantitative estimate of drug-likeness (QED) is 0.196. The lowest BCUT2D eigenvalue weighted by Gasteiger charge is -2.37. The largest absolute Gasteiger partial charge is 0.486 e. The van der Waals surface area contributed by atoms with Crippen molar-refractivity contribution in [3.63, 3.8) is 0 Å². The third kappa shape index (κ3) is 6.34. The second-order valence-corrected chi connectivity index (χ2v) is 14.0. The van der Waals surface area contributed by atoms with Crippen LogP contribution in [0.5, 0.6) is 5.75 Å². The number of carbonyl (C=O) groups is 1. The molecule has 3 aromatic rings.